The highest BCUT2D eigenvalue weighted by molar-refractivity contribution is 5.68. The third-order valence-electron chi connectivity index (χ3n) is 6.99. The lowest BCUT2D eigenvalue weighted by molar-refractivity contribution is -0.291. The van der Waals surface area contributed by atoms with E-state index in [-0.39, 0.29) is 30.7 Å². The van der Waals surface area contributed by atoms with E-state index in [1.165, 1.54) is 6.08 Å². The van der Waals surface area contributed by atoms with Crippen molar-refractivity contribution in [3.05, 3.63) is 84.4 Å². The number of amides is 1. The molecule has 1 amide bonds. The maximum absolute atomic E-state index is 12.4. The van der Waals surface area contributed by atoms with Gasteiger partial charge < -0.3 is 34.1 Å². The molecule has 0 aliphatic carbocycles. The van der Waals surface area contributed by atoms with Crippen LogP contribution in [0.15, 0.2) is 73.3 Å². The van der Waals surface area contributed by atoms with E-state index in [0.29, 0.717) is 19.8 Å². The fourth-order valence-electron chi connectivity index (χ4n) is 4.50. The van der Waals surface area contributed by atoms with Gasteiger partial charge in [0.25, 0.3) is 0 Å². The summed E-state index contributed by atoms with van der Waals surface area (Å²) in [6, 6.07) is 19.1. The van der Waals surface area contributed by atoms with Gasteiger partial charge in [-0.2, -0.15) is 0 Å². The quantitative estimate of drug-likeness (QED) is 0.326. The Hall–Kier alpha value is -2.75. The number of carbonyl (C=O) groups is 1. The first kappa shape index (κ1) is 31.8. The van der Waals surface area contributed by atoms with Gasteiger partial charge in [0.2, 0.25) is 0 Å². The molecular formula is C32H45NO7. The van der Waals surface area contributed by atoms with Gasteiger partial charge in [0.1, 0.15) is 11.7 Å². The highest BCUT2D eigenvalue weighted by Crippen LogP contribution is 2.34. The van der Waals surface area contributed by atoms with E-state index in [2.05, 4.69) is 25.7 Å². The lowest BCUT2D eigenvalue weighted by atomic mass is 9.83. The van der Waals surface area contributed by atoms with Crippen LogP contribution in [-0.2, 0) is 36.9 Å². The standard InChI is InChI=1S/C32H45NO7/c1-7-27(34)26(33-31(35)40-32(4,5)6)20-38-30-29(37-19-25-16-12-9-13-17-25)23(3)22(2)28(39-30)21-36-18-24-14-10-8-11-15-24/h7-17,22-23,26-30,34H,1,18-21H2,2-6H3,(H,33,35)/t22-,23+,26+,27-,28?,29?,30+/m1/s1. The number of nitrogens with one attached hydrogen (secondary N) is 1. The third kappa shape index (κ3) is 10.0. The van der Waals surface area contributed by atoms with E-state index >= 15 is 0 Å². The second kappa shape index (κ2) is 15.3. The molecule has 2 unspecified atom stereocenters. The molecule has 1 heterocycles. The smallest absolute Gasteiger partial charge is 0.408 e. The number of aliphatic hydroxyl groups is 1. The number of carbonyl (C=O) groups excluding carboxylic acids is 1. The van der Waals surface area contributed by atoms with Crippen LogP contribution in [0.5, 0.6) is 0 Å². The van der Waals surface area contributed by atoms with Crippen LogP contribution < -0.4 is 5.32 Å². The fourth-order valence-corrected chi connectivity index (χ4v) is 4.50. The topological polar surface area (TPSA) is 95.5 Å². The molecule has 40 heavy (non-hydrogen) atoms. The summed E-state index contributed by atoms with van der Waals surface area (Å²) >= 11 is 0. The summed E-state index contributed by atoms with van der Waals surface area (Å²) in [6.45, 7) is 14.5. The summed E-state index contributed by atoms with van der Waals surface area (Å²) in [5.41, 5.74) is 1.45. The Morgan fingerprint density at radius 2 is 1.60 bits per heavy atom. The van der Waals surface area contributed by atoms with E-state index in [0.717, 1.165) is 11.1 Å². The zero-order valence-corrected chi connectivity index (χ0v) is 24.3. The fraction of sp³-hybridized carbons (Fsp3) is 0.531. The molecule has 1 fully saturated rings. The van der Waals surface area contributed by atoms with Crippen LogP contribution in [0, 0.1) is 11.8 Å². The zero-order valence-electron chi connectivity index (χ0n) is 24.3. The summed E-state index contributed by atoms with van der Waals surface area (Å²) in [6.07, 6.45) is -1.73. The number of ether oxygens (including phenoxy) is 5. The third-order valence-corrected chi connectivity index (χ3v) is 6.99. The number of rotatable bonds is 13. The Morgan fingerprint density at radius 3 is 2.17 bits per heavy atom. The molecule has 0 saturated carbocycles. The van der Waals surface area contributed by atoms with Crippen molar-refractivity contribution in [2.45, 2.75) is 84.1 Å². The van der Waals surface area contributed by atoms with Gasteiger partial charge >= 0.3 is 6.09 Å². The molecule has 2 aromatic rings. The van der Waals surface area contributed by atoms with Crippen molar-refractivity contribution in [3.8, 4) is 0 Å². The minimum absolute atomic E-state index is 0.0407. The van der Waals surface area contributed by atoms with Crippen LogP contribution in [0.2, 0.25) is 0 Å². The molecule has 8 heteroatoms. The molecular weight excluding hydrogens is 510 g/mol. The van der Waals surface area contributed by atoms with E-state index in [4.69, 9.17) is 23.7 Å². The van der Waals surface area contributed by atoms with Crippen molar-refractivity contribution in [1.29, 1.82) is 0 Å². The minimum atomic E-state index is -1.05. The normalized spacial score (nSPS) is 24.6. The lowest BCUT2D eigenvalue weighted by Crippen LogP contribution is -2.54. The molecule has 0 aromatic heterocycles. The number of alkyl carbamates (subject to hydrolysis) is 1. The lowest BCUT2D eigenvalue weighted by Gasteiger charge is -2.44. The summed E-state index contributed by atoms with van der Waals surface area (Å²) in [5.74, 6) is 0.209. The molecule has 220 valence electrons. The second-order valence-electron chi connectivity index (χ2n) is 11.3. The Bertz CT molecular complexity index is 1020. The molecule has 2 N–H and O–H groups in total. The predicted molar refractivity (Wildman–Crippen MR) is 153 cm³/mol. The highest BCUT2D eigenvalue weighted by atomic mass is 16.7. The highest BCUT2D eigenvalue weighted by Gasteiger charge is 2.43. The van der Waals surface area contributed by atoms with Crippen molar-refractivity contribution in [2.75, 3.05) is 13.2 Å². The van der Waals surface area contributed by atoms with E-state index < -0.39 is 30.1 Å². The Kier molecular flexibility index (Phi) is 12.2. The van der Waals surface area contributed by atoms with Gasteiger partial charge in [0, 0.05) is 0 Å². The first-order valence-electron chi connectivity index (χ1n) is 13.9. The minimum Gasteiger partial charge on any atom is -0.444 e. The summed E-state index contributed by atoms with van der Waals surface area (Å²) < 4.78 is 30.4. The molecule has 0 radical (unpaired) electrons. The van der Waals surface area contributed by atoms with E-state index in [1.807, 2.05) is 60.7 Å². The number of benzene rings is 2. The van der Waals surface area contributed by atoms with Crippen LogP contribution in [0.3, 0.4) is 0 Å². The van der Waals surface area contributed by atoms with Crippen LogP contribution in [0.1, 0.15) is 45.7 Å². The largest absolute Gasteiger partial charge is 0.444 e. The molecule has 8 nitrogen and oxygen atoms in total. The molecule has 7 atom stereocenters. The molecule has 0 bridgehead atoms. The first-order chi connectivity index (χ1) is 19.1. The molecule has 3 rings (SSSR count). The molecule has 0 spiro atoms. The zero-order chi connectivity index (χ0) is 29.1. The van der Waals surface area contributed by atoms with E-state index in [9.17, 15) is 9.90 Å². The predicted octanol–water partition coefficient (Wildman–Crippen LogP) is 5.24. The summed E-state index contributed by atoms with van der Waals surface area (Å²) in [4.78, 5) is 12.4. The van der Waals surface area contributed by atoms with Gasteiger partial charge in [-0.15, -0.1) is 6.58 Å². The Balaban J connectivity index is 1.70. The van der Waals surface area contributed by atoms with Crippen molar-refractivity contribution in [1.82, 2.24) is 5.32 Å². The monoisotopic (exact) mass is 555 g/mol. The Labute approximate surface area is 238 Å². The van der Waals surface area contributed by atoms with Gasteiger partial charge in [-0.05, 0) is 43.7 Å². The van der Waals surface area contributed by atoms with Gasteiger partial charge in [-0.25, -0.2) is 4.79 Å². The average molecular weight is 556 g/mol. The van der Waals surface area contributed by atoms with Crippen molar-refractivity contribution in [2.24, 2.45) is 11.8 Å². The van der Waals surface area contributed by atoms with Gasteiger partial charge in [0.05, 0.1) is 44.7 Å². The van der Waals surface area contributed by atoms with Crippen molar-refractivity contribution < 1.29 is 33.6 Å². The molecule has 1 aliphatic rings. The van der Waals surface area contributed by atoms with Gasteiger partial charge in [-0.1, -0.05) is 80.6 Å². The first-order valence-corrected chi connectivity index (χ1v) is 13.9. The van der Waals surface area contributed by atoms with Crippen LogP contribution in [0.25, 0.3) is 0 Å². The van der Waals surface area contributed by atoms with Crippen molar-refractivity contribution in [3.63, 3.8) is 0 Å². The number of hydrogen-bond acceptors (Lipinski definition) is 7. The SMILES string of the molecule is C=C[C@@H](O)[C@H](CO[C@H]1OC(COCc2ccccc2)[C@H](C)[C@H](C)C1OCc1ccccc1)NC(=O)OC(C)(C)C. The summed E-state index contributed by atoms with van der Waals surface area (Å²) in [5, 5.41) is 13.2. The molecule has 2 aromatic carbocycles. The van der Waals surface area contributed by atoms with Crippen LogP contribution in [-0.4, -0.2) is 60.7 Å². The number of hydrogen-bond donors (Lipinski definition) is 2. The van der Waals surface area contributed by atoms with Gasteiger partial charge in [-0.3, -0.25) is 0 Å². The summed E-state index contributed by atoms with van der Waals surface area (Å²) in [7, 11) is 0. The van der Waals surface area contributed by atoms with Crippen LogP contribution >= 0.6 is 0 Å². The van der Waals surface area contributed by atoms with Crippen molar-refractivity contribution >= 4 is 6.09 Å². The average Bonchev–Trinajstić information content (AvgIpc) is 2.92. The maximum Gasteiger partial charge on any atom is 0.408 e. The van der Waals surface area contributed by atoms with Gasteiger partial charge in [0.15, 0.2) is 6.29 Å². The molecule has 1 aliphatic heterocycles. The van der Waals surface area contributed by atoms with E-state index in [1.54, 1.807) is 20.8 Å². The van der Waals surface area contributed by atoms with Crippen LogP contribution in [0.4, 0.5) is 4.79 Å². The second-order valence-corrected chi connectivity index (χ2v) is 11.3. The number of aliphatic hydroxyl groups excluding tert-OH is 1. The molecule has 1 saturated heterocycles. The Morgan fingerprint density at radius 1 is 1.00 bits per heavy atom. The maximum atomic E-state index is 12.4.